The monoisotopic (exact) mass is 374 g/mol. The van der Waals surface area contributed by atoms with Crippen molar-refractivity contribution in [3.63, 3.8) is 0 Å². The predicted octanol–water partition coefficient (Wildman–Crippen LogP) is 3.67. The molecule has 0 saturated carbocycles. The average Bonchev–Trinajstić information content (AvgIpc) is 2.57. The van der Waals surface area contributed by atoms with Gasteiger partial charge in [0.1, 0.15) is 0 Å². The van der Waals surface area contributed by atoms with Gasteiger partial charge in [0.25, 0.3) is 10.0 Å². The number of hydrogen-bond acceptors (Lipinski definition) is 5. The van der Waals surface area contributed by atoms with E-state index < -0.39 is 10.0 Å². The molecule has 0 spiro atoms. The zero-order valence-corrected chi connectivity index (χ0v) is 15.6. The highest BCUT2D eigenvalue weighted by molar-refractivity contribution is 7.92. The van der Waals surface area contributed by atoms with E-state index in [-0.39, 0.29) is 17.3 Å². The van der Waals surface area contributed by atoms with Gasteiger partial charge in [-0.3, -0.25) is 9.52 Å². The van der Waals surface area contributed by atoms with E-state index in [1.165, 1.54) is 0 Å². The Morgan fingerprint density at radius 1 is 1.04 bits per heavy atom. The zero-order chi connectivity index (χ0) is 19.2. The van der Waals surface area contributed by atoms with Crippen molar-refractivity contribution in [2.45, 2.75) is 25.2 Å². The highest BCUT2D eigenvalue weighted by atomic mass is 32.2. The Kier molecular flexibility index (Phi) is 6.41. The normalized spacial score (nSPS) is 10.8. The van der Waals surface area contributed by atoms with Gasteiger partial charge in [-0.15, -0.1) is 0 Å². The van der Waals surface area contributed by atoms with E-state index in [1.807, 2.05) is 6.92 Å². The summed E-state index contributed by atoms with van der Waals surface area (Å²) in [5.74, 6) is -0.354. The number of rotatable bonds is 8. The molecule has 0 atom stereocenters. The molecule has 2 rings (SSSR count). The molecule has 0 amide bonds. The van der Waals surface area contributed by atoms with E-state index in [1.54, 1.807) is 55.5 Å². The molecule has 0 bridgehead atoms. The minimum atomic E-state index is -3.64. The molecule has 26 heavy (non-hydrogen) atoms. The summed E-state index contributed by atoms with van der Waals surface area (Å²) in [7, 11) is -3.64. The fourth-order valence-electron chi connectivity index (χ4n) is 2.19. The van der Waals surface area contributed by atoms with Gasteiger partial charge in [-0.1, -0.05) is 24.3 Å². The molecular weight excluding hydrogens is 352 g/mol. The van der Waals surface area contributed by atoms with Crippen molar-refractivity contribution >= 4 is 27.4 Å². The molecule has 0 aliphatic rings. The third kappa shape index (κ3) is 5.63. The fourth-order valence-corrected chi connectivity index (χ4v) is 3.25. The minimum absolute atomic E-state index is 0.0651. The van der Waals surface area contributed by atoms with Crippen LogP contribution in [0.1, 0.15) is 18.9 Å². The van der Waals surface area contributed by atoms with Crippen LogP contribution in [-0.4, -0.2) is 21.0 Å². The third-order valence-electron chi connectivity index (χ3n) is 3.45. The Bertz CT molecular complexity index is 873. The molecule has 0 heterocycles. The summed E-state index contributed by atoms with van der Waals surface area (Å²) in [6, 6.07) is 13.3. The van der Waals surface area contributed by atoms with Crippen LogP contribution in [0.25, 0.3) is 0 Å². The number of hydrogen-bond donors (Lipinski definition) is 2. The van der Waals surface area contributed by atoms with Crippen molar-refractivity contribution in [1.82, 2.24) is 0 Å². The van der Waals surface area contributed by atoms with Crippen LogP contribution in [-0.2, 0) is 19.6 Å². The van der Waals surface area contributed by atoms with E-state index in [0.29, 0.717) is 23.7 Å². The molecule has 2 aromatic carbocycles. The lowest BCUT2D eigenvalue weighted by atomic mass is 10.2. The number of carbonyl (C=O) groups is 1. The van der Waals surface area contributed by atoms with E-state index in [9.17, 15) is 13.2 Å². The first kappa shape index (κ1) is 19.5. The third-order valence-corrected chi connectivity index (χ3v) is 4.85. The summed E-state index contributed by atoms with van der Waals surface area (Å²) in [6.07, 6.45) is 0.0651. The number of esters is 1. The second-order valence-electron chi connectivity index (χ2n) is 5.71. The first-order valence-corrected chi connectivity index (χ1v) is 9.58. The predicted molar refractivity (Wildman–Crippen MR) is 102 cm³/mol. The second-order valence-corrected chi connectivity index (χ2v) is 7.39. The van der Waals surface area contributed by atoms with Crippen molar-refractivity contribution in [1.29, 1.82) is 0 Å². The highest BCUT2D eigenvalue weighted by Gasteiger charge is 2.13. The summed E-state index contributed by atoms with van der Waals surface area (Å²) in [6.45, 7) is 7.73. The Morgan fingerprint density at radius 2 is 1.62 bits per heavy atom. The molecule has 2 aromatic rings. The number of carbonyl (C=O) groups excluding carboxylic acids is 1. The van der Waals surface area contributed by atoms with Crippen molar-refractivity contribution in [3.8, 4) is 0 Å². The van der Waals surface area contributed by atoms with Gasteiger partial charge in [0.15, 0.2) is 0 Å². The van der Waals surface area contributed by atoms with Gasteiger partial charge in [0.05, 0.1) is 17.9 Å². The lowest BCUT2D eigenvalue weighted by molar-refractivity contribution is -0.142. The number of benzene rings is 2. The van der Waals surface area contributed by atoms with Crippen LogP contribution in [0.15, 0.2) is 65.7 Å². The minimum Gasteiger partial charge on any atom is -0.466 e. The van der Waals surface area contributed by atoms with Crippen LogP contribution in [0.5, 0.6) is 0 Å². The maximum Gasteiger partial charge on any atom is 0.311 e. The Labute approximate surface area is 153 Å². The van der Waals surface area contributed by atoms with Gasteiger partial charge in [0, 0.05) is 17.1 Å². The molecule has 0 fully saturated rings. The topological polar surface area (TPSA) is 84.5 Å². The lowest BCUT2D eigenvalue weighted by Crippen LogP contribution is -2.13. The largest absolute Gasteiger partial charge is 0.466 e. The van der Waals surface area contributed by atoms with E-state index in [0.717, 1.165) is 5.56 Å². The van der Waals surface area contributed by atoms with E-state index >= 15 is 0 Å². The van der Waals surface area contributed by atoms with Crippen molar-refractivity contribution in [2.24, 2.45) is 0 Å². The molecule has 7 heteroatoms. The second kappa shape index (κ2) is 8.53. The molecule has 0 unspecified atom stereocenters. The van der Waals surface area contributed by atoms with Crippen LogP contribution in [0.4, 0.5) is 11.4 Å². The number of ether oxygens (including phenoxy) is 1. The molecule has 0 aliphatic carbocycles. The molecule has 0 aromatic heterocycles. The van der Waals surface area contributed by atoms with Crippen LogP contribution < -0.4 is 10.0 Å². The van der Waals surface area contributed by atoms with E-state index in [2.05, 4.69) is 16.6 Å². The summed E-state index contributed by atoms with van der Waals surface area (Å²) in [5.41, 5.74) is 2.61. The van der Waals surface area contributed by atoms with Crippen molar-refractivity contribution in [3.05, 3.63) is 66.4 Å². The summed E-state index contributed by atoms with van der Waals surface area (Å²) >= 11 is 0. The molecule has 0 aliphatic heterocycles. The smallest absolute Gasteiger partial charge is 0.311 e. The Hall–Kier alpha value is -2.80. The molecule has 138 valence electrons. The van der Waals surface area contributed by atoms with Crippen molar-refractivity contribution < 1.29 is 17.9 Å². The Balaban J connectivity index is 1.99. The number of nitrogens with one attached hydrogen (secondary N) is 2. The quantitative estimate of drug-likeness (QED) is 0.689. The van der Waals surface area contributed by atoms with Gasteiger partial charge >= 0.3 is 5.97 Å². The molecule has 6 nitrogen and oxygen atoms in total. The Morgan fingerprint density at radius 3 is 2.19 bits per heavy atom. The standard InChI is InChI=1S/C19H22N2O4S/c1-4-25-19(22)13-15(3)20-16-7-9-17(10-8-16)21-26(23,24)18-11-5-14(2)6-12-18/h5-12,20-21H,3-4,13H2,1-2H3. The van der Waals surface area contributed by atoms with E-state index in [4.69, 9.17) is 4.74 Å². The van der Waals surface area contributed by atoms with Gasteiger partial charge in [-0.25, -0.2) is 8.42 Å². The molecule has 0 radical (unpaired) electrons. The highest BCUT2D eigenvalue weighted by Crippen LogP contribution is 2.20. The first-order chi connectivity index (χ1) is 12.3. The molecule has 0 saturated heterocycles. The number of anilines is 2. The zero-order valence-electron chi connectivity index (χ0n) is 14.8. The van der Waals surface area contributed by atoms with Gasteiger partial charge in [0.2, 0.25) is 0 Å². The van der Waals surface area contributed by atoms with Crippen LogP contribution in [0.3, 0.4) is 0 Å². The van der Waals surface area contributed by atoms with Crippen molar-refractivity contribution in [2.75, 3.05) is 16.6 Å². The average molecular weight is 374 g/mol. The van der Waals surface area contributed by atoms with Gasteiger partial charge in [-0.05, 0) is 50.2 Å². The molecule has 2 N–H and O–H groups in total. The molecular formula is C19H22N2O4S. The summed E-state index contributed by atoms with van der Waals surface area (Å²) in [4.78, 5) is 11.6. The summed E-state index contributed by atoms with van der Waals surface area (Å²) in [5, 5.41) is 2.99. The number of sulfonamides is 1. The fraction of sp³-hybridized carbons (Fsp3) is 0.211. The lowest BCUT2D eigenvalue weighted by Gasteiger charge is -2.11. The maximum atomic E-state index is 12.4. The van der Waals surface area contributed by atoms with Gasteiger partial charge in [-0.2, -0.15) is 0 Å². The maximum absolute atomic E-state index is 12.4. The van der Waals surface area contributed by atoms with Gasteiger partial charge < -0.3 is 10.1 Å². The number of aryl methyl sites for hydroxylation is 1. The first-order valence-electron chi connectivity index (χ1n) is 8.10. The van der Waals surface area contributed by atoms with Crippen LogP contribution in [0, 0.1) is 6.92 Å². The van der Waals surface area contributed by atoms with Crippen LogP contribution >= 0.6 is 0 Å². The SMILES string of the molecule is C=C(CC(=O)OCC)Nc1ccc(NS(=O)(=O)c2ccc(C)cc2)cc1. The summed E-state index contributed by atoms with van der Waals surface area (Å²) < 4.78 is 32.1. The van der Waals surface area contributed by atoms with Crippen LogP contribution in [0.2, 0.25) is 0 Å².